The molecule has 0 spiro atoms. The van der Waals surface area contributed by atoms with E-state index < -0.39 is 0 Å². The van der Waals surface area contributed by atoms with E-state index in [1.807, 2.05) is 13.8 Å². The lowest BCUT2D eigenvalue weighted by atomic mass is 10.1. The van der Waals surface area contributed by atoms with E-state index in [0.29, 0.717) is 10.6 Å². The normalized spacial score (nSPS) is 14.1. The predicted molar refractivity (Wildman–Crippen MR) is 62.9 cm³/mol. The van der Waals surface area contributed by atoms with Crippen molar-refractivity contribution in [3.8, 4) is 6.07 Å². The largest absolute Gasteiger partial charge is 0.380 e. The molecule has 0 amide bonds. The standard InChI is InChI=1S/C11H14ClN3/c1-7(14)8(2)15-11-5-10(12)4-3-9(11)6-13/h3-5,7-8,15H,14H2,1-2H3. The second-order valence-corrected chi connectivity index (χ2v) is 4.03. The fourth-order valence-electron chi connectivity index (χ4n) is 1.11. The molecule has 0 bridgehead atoms. The molecule has 0 aromatic heterocycles. The van der Waals surface area contributed by atoms with Crippen LogP contribution in [-0.2, 0) is 0 Å². The smallest absolute Gasteiger partial charge is 0.101 e. The van der Waals surface area contributed by atoms with Gasteiger partial charge >= 0.3 is 0 Å². The third kappa shape index (κ3) is 3.12. The van der Waals surface area contributed by atoms with Gasteiger partial charge in [0.25, 0.3) is 0 Å². The maximum atomic E-state index is 8.90. The van der Waals surface area contributed by atoms with Crippen molar-refractivity contribution in [2.75, 3.05) is 5.32 Å². The van der Waals surface area contributed by atoms with Crippen LogP contribution in [0.15, 0.2) is 18.2 Å². The van der Waals surface area contributed by atoms with Gasteiger partial charge in [0, 0.05) is 17.1 Å². The summed E-state index contributed by atoms with van der Waals surface area (Å²) in [6, 6.07) is 7.33. The Balaban J connectivity index is 2.93. The number of hydrogen-bond donors (Lipinski definition) is 2. The van der Waals surface area contributed by atoms with E-state index in [2.05, 4.69) is 11.4 Å². The van der Waals surface area contributed by atoms with Gasteiger partial charge in [-0.2, -0.15) is 5.26 Å². The summed E-state index contributed by atoms with van der Waals surface area (Å²) >= 11 is 5.86. The summed E-state index contributed by atoms with van der Waals surface area (Å²) < 4.78 is 0. The number of nitrogens with zero attached hydrogens (tertiary/aromatic N) is 1. The highest BCUT2D eigenvalue weighted by Crippen LogP contribution is 2.21. The first-order valence-electron chi connectivity index (χ1n) is 4.76. The highest BCUT2D eigenvalue weighted by molar-refractivity contribution is 6.30. The molecule has 1 aromatic carbocycles. The molecule has 15 heavy (non-hydrogen) atoms. The molecule has 1 rings (SSSR count). The average Bonchev–Trinajstić information content (AvgIpc) is 2.18. The van der Waals surface area contributed by atoms with Gasteiger partial charge in [0.1, 0.15) is 6.07 Å². The highest BCUT2D eigenvalue weighted by atomic mass is 35.5. The SMILES string of the molecule is CC(N)C(C)Nc1cc(Cl)ccc1C#N. The van der Waals surface area contributed by atoms with Crippen molar-refractivity contribution in [3.63, 3.8) is 0 Å². The molecule has 80 valence electrons. The summed E-state index contributed by atoms with van der Waals surface area (Å²) in [6.07, 6.45) is 0. The van der Waals surface area contributed by atoms with Crippen molar-refractivity contribution < 1.29 is 0 Å². The zero-order valence-electron chi connectivity index (χ0n) is 8.79. The van der Waals surface area contributed by atoms with Crippen molar-refractivity contribution in [3.05, 3.63) is 28.8 Å². The summed E-state index contributed by atoms with van der Waals surface area (Å²) in [5.41, 5.74) is 7.04. The van der Waals surface area contributed by atoms with Crippen molar-refractivity contribution in [1.82, 2.24) is 0 Å². The van der Waals surface area contributed by atoms with Gasteiger partial charge in [0.15, 0.2) is 0 Å². The predicted octanol–water partition coefficient (Wildman–Crippen LogP) is 2.36. The Labute approximate surface area is 94.8 Å². The van der Waals surface area contributed by atoms with Crippen LogP contribution < -0.4 is 11.1 Å². The average molecular weight is 224 g/mol. The van der Waals surface area contributed by atoms with E-state index in [1.54, 1.807) is 18.2 Å². The Kier molecular flexibility index (Phi) is 3.96. The Morgan fingerprint density at radius 1 is 1.47 bits per heavy atom. The van der Waals surface area contributed by atoms with Crippen molar-refractivity contribution in [1.29, 1.82) is 5.26 Å². The van der Waals surface area contributed by atoms with Gasteiger partial charge in [-0.15, -0.1) is 0 Å². The molecule has 4 heteroatoms. The molecule has 2 unspecified atom stereocenters. The molecule has 0 aliphatic rings. The molecule has 2 atom stereocenters. The van der Waals surface area contributed by atoms with Crippen molar-refractivity contribution in [2.24, 2.45) is 5.73 Å². The number of anilines is 1. The van der Waals surface area contributed by atoms with Gasteiger partial charge in [0.2, 0.25) is 0 Å². The highest BCUT2D eigenvalue weighted by Gasteiger charge is 2.09. The second kappa shape index (κ2) is 5.01. The maximum absolute atomic E-state index is 8.90. The van der Waals surface area contributed by atoms with Gasteiger partial charge < -0.3 is 11.1 Å². The zero-order chi connectivity index (χ0) is 11.4. The minimum Gasteiger partial charge on any atom is -0.380 e. The Morgan fingerprint density at radius 2 is 2.13 bits per heavy atom. The van der Waals surface area contributed by atoms with Crippen LogP contribution in [0.4, 0.5) is 5.69 Å². The summed E-state index contributed by atoms with van der Waals surface area (Å²) in [4.78, 5) is 0. The number of rotatable bonds is 3. The minimum absolute atomic E-state index is 0.00974. The lowest BCUT2D eigenvalue weighted by Gasteiger charge is -2.19. The molecule has 0 heterocycles. The number of benzene rings is 1. The van der Waals surface area contributed by atoms with Gasteiger partial charge in [-0.25, -0.2) is 0 Å². The van der Waals surface area contributed by atoms with Gasteiger partial charge in [0.05, 0.1) is 11.3 Å². The molecular weight excluding hydrogens is 210 g/mol. The van der Waals surface area contributed by atoms with Gasteiger partial charge in [-0.05, 0) is 32.0 Å². The first-order valence-corrected chi connectivity index (χ1v) is 5.14. The zero-order valence-corrected chi connectivity index (χ0v) is 9.55. The number of nitriles is 1. The number of nitrogens with one attached hydrogen (secondary N) is 1. The fourth-order valence-corrected chi connectivity index (χ4v) is 1.28. The lowest BCUT2D eigenvalue weighted by Crippen LogP contribution is -2.35. The first-order chi connectivity index (χ1) is 7.04. The molecule has 0 saturated carbocycles. The van der Waals surface area contributed by atoms with E-state index in [0.717, 1.165) is 5.69 Å². The van der Waals surface area contributed by atoms with Gasteiger partial charge in [-0.3, -0.25) is 0 Å². The summed E-state index contributed by atoms with van der Waals surface area (Å²) in [6.45, 7) is 3.88. The first kappa shape index (κ1) is 11.8. The van der Waals surface area contributed by atoms with Crippen LogP contribution in [0, 0.1) is 11.3 Å². The molecule has 0 fully saturated rings. The van der Waals surface area contributed by atoms with Crippen LogP contribution in [-0.4, -0.2) is 12.1 Å². The third-order valence-electron chi connectivity index (χ3n) is 2.27. The minimum atomic E-state index is 0.00974. The van der Waals surface area contributed by atoms with Crippen LogP contribution in [0.2, 0.25) is 5.02 Å². The number of hydrogen-bond acceptors (Lipinski definition) is 3. The van der Waals surface area contributed by atoms with E-state index in [1.165, 1.54) is 0 Å². The van der Waals surface area contributed by atoms with E-state index in [4.69, 9.17) is 22.6 Å². The molecule has 0 aliphatic carbocycles. The molecule has 0 radical (unpaired) electrons. The lowest BCUT2D eigenvalue weighted by molar-refractivity contribution is 0.638. The van der Waals surface area contributed by atoms with Gasteiger partial charge in [-0.1, -0.05) is 11.6 Å². The number of halogens is 1. The van der Waals surface area contributed by atoms with Crippen molar-refractivity contribution in [2.45, 2.75) is 25.9 Å². The molecule has 3 nitrogen and oxygen atoms in total. The molecule has 0 saturated heterocycles. The number of nitrogens with two attached hydrogens (primary N) is 1. The topological polar surface area (TPSA) is 61.8 Å². The van der Waals surface area contributed by atoms with Crippen molar-refractivity contribution >= 4 is 17.3 Å². The van der Waals surface area contributed by atoms with Crippen LogP contribution in [0.1, 0.15) is 19.4 Å². The second-order valence-electron chi connectivity index (χ2n) is 3.59. The Morgan fingerprint density at radius 3 is 2.67 bits per heavy atom. The molecular formula is C11H14ClN3. The fraction of sp³-hybridized carbons (Fsp3) is 0.364. The Bertz CT molecular complexity index is 382. The summed E-state index contributed by atoms with van der Waals surface area (Å²) in [5, 5.41) is 12.7. The van der Waals surface area contributed by atoms with E-state index >= 15 is 0 Å². The van der Waals surface area contributed by atoms with Crippen LogP contribution in [0.3, 0.4) is 0 Å². The summed E-state index contributed by atoms with van der Waals surface area (Å²) in [7, 11) is 0. The van der Waals surface area contributed by atoms with Crippen LogP contribution in [0.25, 0.3) is 0 Å². The Hall–Kier alpha value is -1.24. The monoisotopic (exact) mass is 223 g/mol. The molecule has 1 aromatic rings. The van der Waals surface area contributed by atoms with Crippen LogP contribution >= 0.6 is 11.6 Å². The van der Waals surface area contributed by atoms with E-state index in [-0.39, 0.29) is 12.1 Å². The molecule has 3 N–H and O–H groups in total. The maximum Gasteiger partial charge on any atom is 0.101 e. The summed E-state index contributed by atoms with van der Waals surface area (Å²) in [5.74, 6) is 0. The molecule has 0 aliphatic heterocycles. The third-order valence-corrected chi connectivity index (χ3v) is 2.51. The van der Waals surface area contributed by atoms with E-state index in [9.17, 15) is 0 Å². The quantitative estimate of drug-likeness (QED) is 0.827. The van der Waals surface area contributed by atoms with Crippen LogP contribution in [0.5, 0.6) is 0 Å².